The molecule has 2 aromatic carbocycles. The minimum atomic E-state index is -4.11. The Bertz CT molecular complexity index is 1210. The molecule has 0 saturated carbocycles. The molecule has 0 aliphatic carbocycles. The van der Waals surface area contributed by atoms with Crippen LogP contribution in [0.4, 0.5) is 14.6 Å². The molecule has 0 spiro atoms. The largest absolute Gasteiger partial charge is 0.478 e. The number of carboxylic acid groups (broad SMARTS) is 1. The molecule has 0 aliphatic heterocycles. The van der Waals surface area contributed by atoms with Crippen molar-refractivity contribution in [1.82, 2.24) is 4.98 Å². The second-order valence-electron chi connectivity index (χ2n) is 6.28. The van der Waals surface area contributed by atoms with E-state index in [2.05, 4.69) is 4.98 Å². The van der Waals surface area contributed by atoms with Gasteiger partial charge in [0.25, 0.3) is 10.0 Å². The third-order valence-corrected chi connectivity index (χ3v) is 7.22. The van der Waals surface area contributed by atoms with Crippen molar-refractivity contribution in [1.29, 1.82) is 0 Å². The molecule has 3 aromatic rings. The van der Waals surface area contributed by atoms with E-state index in [1.165, 1.54) is 23.6 Å². The van der Waals surface area contributed by atoms with Gasteiger partial charge >= 0.3 is 5.97 Å². The molecule has 0 aliphatic rings. The van der Waals surface area contributed by atoms with Crippen molar-refractivity contribution in [2.45, 2.75) is 25.2 Å². The van der Waals surface area contributed by atoms with E-state index in [4.69, 9.17) is 0 Å². The number of carbonyl (C=O) groups is 1. The fourth-order valence-corrected chi connectivity index (χ4v) is 5.32. The maximum absolute atomic E-state index is 14.1. The van der Waals surface area contributed by atoms with Gasteiger partial charge in [0.1, 0.15) is 16.6 Å². The van der Waals surface area contributed by atoms with Crippen molar-refractivity contribution >= 4 is 33.1 Å². The summed E-state index contributed by atoms with van der Waals surface area (Å²) in [7, 11) is -4.11. The minimum Gasteiger partial charge on any atom is -0.478 e. The molecule has 1 aromatic heterocycles. The van der Waals surface area contributed by atoms with E-state index in [0.717, 1.165) is 33.8 Å². The lowest BCUT2D eigenvalue weighted by atomic mass is 10.1. The summed E-state index contributed by atoms with van der Waals surface area (Å²) in [5, 5.41) is 11.0. The van der Waals surface area contributed by atoms with E-state index in [-0.39, 0.29) is 33.4 Å². The Hall–Kier alpha value is -2.85. The molecule has 158 valence electrons. The maximum atomic E-state index is 14.1. The second kappa shape index (κ2) is 8.49. The van der Waals surface area contributed by atoms with Crippen molar-refractivity contribution in [3.05, 3.63) is 64.5 Å². The van der Waals surface area contributed by atoms with Gasteiger partial charge in [-0.05, 0) is 43.2 Å². The molecule has 6 nitrogen and oxygen atoms in total. The number of hydrogen-bond donors (Lipinski definition) is 1. The molecular weight excluding hydrogens is 434 g/mol. The summed E-state index contributed by atoms with van der Waals surface area (Å²) >= 11 is 1.02. The van der Waals surface area contributed by atoms with Crippen molar-refractivity contribution in [2.75, 3.05) is 10.8 Å². The molecule has 0 atom stereocenters. The third-order valence-electron chi connectivity index (χ3n) is 4.48. The van der Waals surface area contributed by atoms with Crippen LogP contribution in [0.25, 0.3) is 10.6 Å². The summed E-state index contributed by atoms with van der Waals surface area (Å²) in [4.78, 5) is 15.5. The molecule has 30 heavy (non-hydrogen) atoms. The van der Waals surface area contributed by atoms with Gasteiger partial charge in [-0.15, -0.1) is 11.3 Å². The van der Waals surface area contributed by atoms with Gasteiger partial charge in [-0.2, -0.15) is 0 Å². The topological polar surface area (TPSA) is 87.6 Å². The summed E-state index contributed by atoms with van der Waals surface area (Å²) in [5.41, 5.74) is 0.496. The van der Waals surface area contributed by atoms with Gasteiger partial charge in [0, 0.05) is 23.6 Å². The Labute approximate surface area is 176 Å². The highest BCUT2D eigenvalue weighted by molar-refractivity contribution is 7.92. The van der Waals surface area contributed by atoms with Gasteiger partial charge in [-0.25, -0.2) is 31.3 Å². The van der Waals surface area contributed by atoms with Crippen LogP contribution in [0.3, 0.4) is 0 Å². The quantitative estimate of drug-likeness (QED) is 0.568. The van der Waals surface area contributed by atoms with Crippen LogP contribution in [0.5, 0.6) is 0 Å². The van der Waals surface area contributed by atoms with Gasteiger partial charge < -0.3 is 5.11 Å². The predicted molar refractivity (Wildman–Crippen MR) is 110 cm³/mol. The van der Waals surface area contributed by atoms with Crippen LogP contribution in [0.15, 0.2) is 46.7 Å². The van der Waals surface area contributed by atoms with Crippen LogP contribution in [0.1, 0.15) is 29.8 Å². The lowest BCUT2D eigenvalue weighted by Crippen LogP contribution is -2.31. The number of nitrogens with zero attached hydrogens (tertiary/aromatic N) is 2. The molecule has 3 rings (SSSR count). The Morgan fingerprint density at radius 3 is 2.50 bits per heavy atom. The van der Waals surface area contributed by atoms with Gasteiger partial charge in [0.2, 0.25) is 0 Å². The van der Waals surface area contributed by atoms with Crippen molar-refractivity contribution in [2.24, 2.45) is 0 Å². The molecule has 0 saturated heterocycles. The van der Waals surface area contributed by atoms with Crippen molar-refractivity contribution < 1.29 is 27.1 Å². The van der Waals surface area contributed by atoms with E-state index in [9.17, 15) is 27.1 Å². The average molecular weight is 453 g/mol. The van der Waals surface area contributed by atoms with E-state index in [0.29, 0.717) is 12.0 Å². The SMILES string of the molecule is CCc1ccc(S(=O)(=O)N(CC)c2csc(-c3ccc(F)cc3F)n2)cc1C(=O)O. The maximum Gasteiger partial charge on any atom is 0.336 e. The van der Waals surface area contributed by atoms with Crippen LogP contribution < -0.4 is 4.31 Å². The van der Waals surface area contributed by atoms with Crippen LogP contribution in [-0.4, -0.2) is 31.0 Å². The summed E-state index contributed by atoms with van der Waals surface area (Å²) in [6, 6.07) is 7.03. The number of hydrogen-bond acceptors (Lipinski definition) is 5. The first-order chi connectivity index (χ1) is 14.2. The van der Waals surface area contributed by atoms with Crippen LogP contribution in [0.2, 0.25) is 0 Å². The van der Waals surface area contributed by atoms with Gasteiger partial charge in [0.05, 0.1) is 10.5 Å². The number of aromatic nitrogens is 1. The zero-order valence-electron chi connectivity index (χ0n) is 16.1. The monoisotopic (exact) mass is 452 g/mol. The first kappa shape index (κ1) is 21.8. The molecule has 0 unspecified atom stereocenters. The van der Waals surface area contributed by atoms with Crippen LogP contribution in [-0.2, 0) is 16.4 Å². The molecule has 0 fully saturated rings. The Balaban J connectivity index is 2.03. The minimum absolute atomic E-state index is 0.0232. The Kier molecular flexibility index (Phi) is 6.18. The van der Waals surface area contributed by atoms with Gasteiger partial charge in [-0.1, -0.05) is 13.0 Å². The number of halogens is 2. The Morgan fingerprint density at radius 1 is 1.17 bits per heavy atom. The molecule has 0 bridgehead atoms. The fraction of sp³-hybridized carbons (Fsp3) is 0.200. The Morgan fingerprint density at radius 2 is 1.90 bits per heavy atom. The number of aryl methyl sites for hydroxylation is 1. The van der Waals surface area contributed by atoms with Crippen molar-refractivity contribution in [3.63, 3.8) is 0 Å². The van der Waals surface area contributed by atoms with E-state index < -0.39 is 27.6 Å². The number of aromatic carboxylic acids is 1. The second-order valence-corrected chi connectivity index (χ2v) is 9.00. The zero-order chi connectivity index (χ0) is 22.1. The molecular formula is C20H18F2N2O4S2. The van der Waals surface area contributed by atoms with Gasteiger partial charge in [0.15, 0.2) is 5.82 Å². The van der Waals surface area contributed by atoms with E-state index in [1.807, 2.05) is 0 Å². The fourth-order valence-electron chi connectivity index (χ4n) is 2.97. The summed E-state index contributed by atoms with van der Waals surface area (Å²) in [5.74, 6) is -2.68. The lowest BCUT2D eigenvalue weighted by Gasteiger charge is -2.21. The smallest absolute Gasteiger partial charge is 0.336 e. The normalized spacial score (nSPS) is 11.5. The number of carboxylic acids is 1. The highest BCUT2D eigenvalue weighted by Gasteiger charge is 2.27. The number of anilines is 1. The summed E-state index contributed by atoms with van der Waals surface area (Å²) in [6.45, 7) is 3.41. The average Bonchev–Trinajstić information content (AvgIpc) is 3.16. The molecule has 0 radical (unpaired) electrons. The zero-order valence-corrected chi connectivity index (χ0v) is 17.7. The van der Waals surface area contributed by atoms with E-state index in [1.54, 1.807) is 13.8 Å². The van der Waals surface area contributed by atoms with Crippen molar-refractivity contribution in [3.8, 4) is 10.6 Å². The number of benzene rings is 2. The van der Waals surface area contributed by atoms with Gasteiger partial charge in [-0.3, -0.25) is 0 Å². The standard InChI is InChI=1S/C20H18F2N2O4S2/c1-3-12-5-7-14(10-16(12)20(25)26)30(27,28)24(4-2)18-11-29-19(23-18)15-8-6-13(21)9-17(15)22/h5-11H,3-4H2,1-2H3,(H,25,26). The lowest BCUT2D eigenvalue weighted by molar-refractivity contribution is 0.0695. The molecule has 0 amide bonds. The first-order valence-corrected chi connectivity index (χ1v) is 11.3. The van der Waals surface area contributed by atoms with E-state index >= 15 is 0 Å². The molecule has 1 heterocycles. The highest BCUT2D eigenvalue weighted by Crippen LogP contribution is 2.32. The highest BCUT2D eigenvalue weighted by atomic mass is 32.2. The number of thiazole rings is 1. The third kappa shape index (κ3) is 4.05. The molecule has 1 N–H and O–H groups in total. The number of rotatable bonds is 7. The summed E-state index contributed by atoms with van der Waals surface area (Å²) in [6.07, 6.45) is 0.443. The number of sulfonamides is 1. The van der Waals surface area contributed by atoms with Crippen LogP contribution >= 0.6 is 11.3 Å². The van der Waals surface area contributed by atoms with Crippen LogP contribution in [0, 0.1) is 11.6 Å². The summed E-state index contributed by atoms with van der Waals surface area (Å²) < 4.78 is 54.6. The molecule has 10 heteroatoms. The predicted octanol–water partition coefficient (Wildman–Crippen LogP) is 4.56. The first-order valence-electron chi connectivity index (χ1n) is 8.99.